The van der Waals surface area contributed by atoms with Gasteiger partial charge in [-0.1, -0.05) is 49.4 Å². The number of aromatic hydroxyl groups is 1. The summed E-state index contributed by atoms with van der Waals surface area (Å²) in [7, 11) is 0. The van der Waals surface area contributed by atoms with Crippen molar-refractivity contribution in [2.75, 3.05) is 6.61 Å². The van der Waals surface area contributed by atoms with Crippen LogP contribution in [0.25, 0.3) is 0 Å². The molecule has 0 radical (unpaired) electrons. The summed E-state index contributed by atoms with van der Waals surface area (Å²) in [6.45, 7) is 2.16. The first kappa shape index (κ1) is 14.6. The second kappa shape index (κ2) is 7.08. The van der Waals surface area contributed by atoms with Crippen molar-refractivity contribution in [2.45, 2.75) is 25.4 Å². The number of phenolic OH excluding ortho intramolecular Hbond substituents is 1. The van der Waals surface area contributed by atoms with Gasteiger partial charge in [0.1, 0.15) is 5.75 Å². The van der Waals surface area contributed by atoms with E-state index in [2.05, 4.69) is 17.4 Å². The summed E-state index contributed by atoms with van der Waals surface area (Å²) in [6.07, 6.45) is 0.859. The van der Waals surface area contributed by atoms with Crippen LogP contribution in [0.4, 0.5) is 0 Å². The largest absolute Gasteiger partial charge is 0.508 e. The van der Waals surface area contributed by atoms with E-state index in [4.69, 9.17) is 0 Å². The molecule has 0 heterocycles. The van der Waals surface area contributed by atoms with Crippen LogP contribution >= 0.6 is 0 Å². The normalized spacial score (nSPS) is 13.9. The van der Waals surface area contributed by atoms with Gasteiger partial charge in [0.2, 0.25) is 0 Å². The van der Waals surface area contributed by atoms with Crippen molar-refractivity contribution < 1.29 is 10.2 Å². The van der Waals surface area contributed by atoms with E-state index in [1.165, 1.54) is 0 Å². The van der Waals surface area contributed by atoms with E-state index in [9.17, 15) is 10.2 Å². The van der Waals surface area contributed by atoms with Crippen molar-refractivity contribution in [3.05, 3.63) is 65.7 Å². The molecule has 0 amide bonds. The van der Waals surface area contributed by atoms with Gasteiger partial charge >= 0.3 is 0 Å². The third kappa shape index (κ3) is 3.59. The highest BCUT2D eigenvalue weighted by Crippen LogP contribution is 2.24. The fourth-order valence-electron chi connectivity index (χ4n) is 2.23. The summed E-state index contributed by atoms with van der Waals surface area (Å²) in [5.41, 5.74) is 2.21. The van der Waals surface area contributed by atoms with Gasteiger partial charge in [-0.05, 0) is 29.7 Å². The Balaban J connectivity index is 2.31. The topological polar surface area (TPSA) is 52.5 Å². The van der Waals surface area contributed by atoms with Gasteiger partial charge in [0, 0.05) is 6.04 Å². The second-order valence-corrected chi connectivity index (χ2v) is 4.89. The Hall–Kier alpha value is -1.84. The molecule has 2 aromatic carbocycles. The van der Waals surface area contributed by atoms with Crippen molar-refractivity contribution in [3.8, 4) is 5.75 Å². The first-order valence-corrected chi connectivity index (χ1v) is 6.95. The minimum absolute atomic E-state index is 0.00824. The van der Waals surface area contributed by atoms with Crippen LogP contribution < -0.4 is 5.32 Å². The summed E-state index contributed by atoms with van der Waals surface area (Å²) in [5, 5.41) is 22.3. The van der Waals surface area contributed by atoms with Crippen molar-refractivity contribution in [1.82, 2.24) is 5.32 Å². The molecule has 1 unspecified atom stereocenters. The first-order chi connectivity index (χ1) is 9.74. The van der Waals surface area contributed by atoms with E-state index < -0.39 is 0 Å². The second-order valence-electron chi connectivity index (χ2n) is 4.89. The average Bonchev–Trinajstić information content (AvgIpc) is 2.51. The Labute approximate surface area is 119 Å². The molecule has 20 heavy (non-hydrogen) atoms. The molecule has 2 atom stereocenters. The first-order valence-electron chi connectivity index (χ1n) is 6.95. The van der Waals surface area contributed by atoms with Crippen LogP contribution in [0.1, 0.15) is 30.5 Å². The van der Waals surface area contributed by atoms with Gasteiger partial charge in [-0.3, -0.25) is 0 Å². The monoisotopic (exact) mass is 271 g/mol. The van der Waals surface area contributed by atoms with Gasteiger partial charge in [0.05, 0.1) is 12.6 Å². The molecule has 0 aromatic heterocycles. The highest BCUT2D eigenvalue weighted by Gasteiger charge is 2.17. The molecular weight excluding hydrogens is 250 g/mol. The number of hydrogen-bond donors (Lipinski definition) is 3. The Kier molecular flexibility index (Phi) is 5.16. The lowest BCUT2D eigenvalue weighted by molar-refractivity contribution is 0.232. The number of benzene rings is 2. The Morgan fingerprint density at radius 2 is 1.55 bits per heavy atom. The Bertz CT molecular complexity index is 506. The van der Waals surface area contributed by atoms with Gasteiger partial charge in [-0.2, -0.15) is 0 Å². The molecule has 3 nitrogen and oxygen atoms in total. The van der Waals surface area contributed by atoms with E-state index in [0.717, 1.165) is 17.5 Å². The van der Waals surface area contributed by atoms with Crippen LogP contribution in [-0.2, 0) is 0 Å². The number of aliphatic hydroxyl groups is 1. The van der Waals surface area contributed by atoms with Crippen LogP contribution in [0.5, 0.6) is 5.75 Å². The molecule has 106 valence electrons. The number of hydrogen-bond acceptors (Lipinski definition) is 3. The number of aliphatic hydroxyl groups excluding tert-OH is 1. The van der Waals surface area contributed by atoms with Crippen molar-refractivity contribution >= 4 is 0 Å². The van der Waals surface area contributed by atoms with Gasteiger partial charge in [-0.15, -0.1) is 0 Å². The highest BCUT2D eigenvalue weighted by atomic mass is 16.3. The minimum Gasteiger partial charge on any atom is -0.508 e. The molecule has 3 N–H and O–H groups in total. The van der Waals surface area contributed by atoms with Crippen LogP contribution in [0, 0.1) is 0 Å². The molecule has 0 aliphatic rings. The Morgan fingerprint density at radius 1 is 0.950 bits per heavy atom. The predicted octanol–water partition coefficient (Wildman–Crippen LogP) is 2.84. The van der Waals surface area contributed by atoms with Crippen LogP contribution in [0.3, 0.4) is 0 Å². The third-order valence-corrected chi connectivity index (χ3v) is 3.47. The molecule has 0 aliphatic carbocycles. The summed E-state index contributed by atoms with van der Waals surface area (Å²) >= 11 is 0. The van der Waals surface area contributed by atoms with E-state index in [0.29, 0.717) is 0 Å². The van der Waals surface area contributed by atoms with E-state index in [1.807, 2.05) is 37.3 Å². The Morgan fingerprint density at radius 3 is 2.10 bits per heavy atom. The number of rotatable bonds is 6. The van der Waals surface area contributed by atoms with Crippen molar-refractivity contribution in [2.24, 2.45) is 0 Å². The lowest BCUT2D eigenvalue weighted by atomic mass is 9.97. The minimum atomic E-state index is 0.00824. The molecule has 0 saturated heterocycles. The van der Waals surface area contributed by atoms with Crippen LogP contribution in [-0.4, -0.2) is 22.9 Å². The summed E-state index contributed by atoms with van der Waals surface area (Å²) in [5.74, 6) is 0.259. The zero-order valence-corrected chi connectivity index (χ0v) is 11.7. The third-order valence-electron chi connectivity index (χ3n) is 3.47. The van der Waals surface area contributed by atoms with E-state index >= 15 is 0 Å². The van der Waals surface area contributed by atoms with E-state index in [-0.39, 0.29) is 24.4 Å². The number of phenols is 1. The summed E-state index contributed by atoms with van der Waals surface area (Å²) in [4.78, 5) is 0. The maximum Gasteiger partial charge on any atom is 0.115 e. The summed E-state index contributed by atoms with van der Waals surface area (Å²) < 4.78 is 0. The molecule has 0 aliphatic heterocycles. The lowest BCUT2D eigenvalue weighted by Crippen LogP contribution is -2.35. The van der Waals surface area contributed by atoms with Gasteiger partial charge in [0.15, 0.2) is 0 Å². The zero-order chi connectivity index (χ0) is 14.4. The van der Waals surface area contributed by atoms with Crippen LogP contribution in [0.15, 0.2) is 54.6 Å². The highest BCUT2D eigenvalue weighted by molar-refractivity contribution is 5.35. The molecule has 0 fully saturated rings. The SMILES string of the molecule is CC[C@H](CO)NC(c1ccccc1)c1ccc(O)cc1. The maximum atomic E-state index is 9.42. The molecule has 2 aromatic rings. The number of nitrogens with one attached hydrogen (secondary N) is 1. The molecule has 0 spiro atoms. The standard InChI is InChI=1S/C17H21NO2/c1-2-15(12-19)18-17(13-6-4-3-5-7-13)14-8-10-16(20)11-9-14/h3-11,15,17-20H,2,12H2,1H3/t15-,17?/m1/s1. The van der Waals surface area contributed by atoms with Gasteiger partial charge < -0.3 is 15.5 Å². The smallest absolute Gasteiger partial charge is 0.115 e. The molecule has 0 saturated carbocycles. The quantitative estimate of drug-likeness (QED) is 0.757. The average molecular weight is 271 g/mol. The molecular formula is C17H21NO2. The predicted molar refractivity (Wildman–Crippen MR) is 80.7 cm³/mol. The fourth-order valence-corrected chi connectivity index (χ4v) is 2.23. The van der Waals surface area contributed by atoms with Crippen molar-refractivity contribution in [1.29, 1.82) is 0 Å². The lowest BCUT2D eigenvalue weighted by Gasteiger charge is -2.25. The van der Waals surface area contributed by atoms with E-state index in [1.54, 1.807) is 12.1 Å². The molecule has 2 rings (SSSR count). The van der Waals surface area contributed by atoms with Gasteiger partial charge in [0.25, 0.3) is 0 Å². The van der Waals surface area contributed by atoms with Crippen molar-refractivity contribution in [3.63, 3.8) is 0 Å². The fraction of sp³-hybridized carbons (Fsp3) is 0.294. The molecule has 3 heteroatoms. The van der Waals surface area contributed by atoms with Crippen LogP contribution in [0.2, 0.25) is 0 Å². The molecule has 0 bridgehead atoms. The van der Waals surface area contributed by atoms with Gasteiger partial charge in [-0.25, -0.2) is 0 Å². The summed E-state index contributed by atoms with van der Waals surface area (Å²) in [6, 6.07) is 17.4. The maximum absolute atomic E-state index is 9.42. The zero-order valence-electron chi connectivity index (χ0n) is 11.7.